The van der Waals surface area contributed by atoms with Crippen LogP contribution in [0.5, 0.6) is 5.75 Å². The van der Waals surface area contributed by atoms with Crippen molar-refractivity contribution in [1.82, 2.24) is 9.58 Å². The summed E-state index contributed by atoms with van der Waals surface area (Å²) in [5, 5.41) is 2.27. The van der Waals surface area contributed by atoms with Gasteiger partial charge >= 0.3 is 0 Å². The van der Waals surface area contributed by atoms with Crippen LogP contribution >= 0.6 is 11.8 Å². The summed E-state index contributed by atoms with van der Waals surface area (Å²) in [6.07, 6.45) is 7.13. The molecule has 1 saturated carbocycles. The fraction of sp³-hybridized carbons (Fsp3) is 0.294. The van der Waals surface area contributed by atoms with Crippen molar-refractivity contribution in [3.05, 3.63) is 129 Å². The van der Waals surface area contributed by atoms with Crippen molar-refractivity contribution in [2.75, 3.05) is 11.7 Å². The Bertz CT molecular complexity index is 1580. The minimum Gasteiger partial charge on any atom is -0.482 e. The van der Waals surface area contributed by atoms with Crippen LogP contribution in [0.15, 0.2) is 101 Å². The minimum absolute atomic E-state index is 0.122. The molecule has 0 unspecified atom stereocenters. The lowest BCUT2D eigenvalue weighted by molar-refractivity contribution is 0.0537. The van der Waals surface area contributed by atoms with Crippen molar-refractivity contribution in [3.63, 3.8) is 0 Å². The zero-order chi connectivity index (χ0) is 27.8. The maximum Gasteiger partial charge on any atom is 0.278 e. The van der Waals surface area contributed by atoms with E-state index in [0.29, 0.717) is 12.4 Å². The van der Waals surface area contributed by atoms with Crippen LogP contribution < -0.4 is 15.2 Å². The van der Waals surface area contributed by atoms with Crippen LogP contribution in [0.3, 0.4) is 0 Å². The molecule has 7 rings (SSSR count). The molecule has 3 aromatic carbocycles. The van der Waals surface area contributed by atoms with Crippen molar-refractivity contribution < 1.29 is 9.53 Å². The van der Waals surface area contributed by atoms with Gasteiger partial charge in [0.25, 0.3) is 5.91 Å². The van der Waals surface area contributed by atoms with Crippen molar-refractivity contribution in [1.29, 1.82) is 0 Å². The largest absolute Gasteiger partial charge is 0.482 e. The van der Waals surface area contributed by atoms with E-state index in [1.807, 2.05) is 51.7 Å². The van der Waals surface area contributed by atoms with E-state index in [-0.39, 0.29) is 35.8 Å². The first kappa shape index (κ1) is 26.0. The quantitative estimate of drug-likeness (QED) is 0.277. The van der Waals surface area contributed by atoms with E-state index in [0.717, 1.165) is 37.0 Å². The monoisotopic (exact) mass is 563 g/mol. The molecule has 1 fully saturated rings. The summed E-state index contributed by atoms with van der Waals surface area (Å²) in [5.74, 6) is 0.875. The van der Waals surface area contributed by atoms with Gasteiger partial charge in [0, 0.05) is 29.0 Å². The van der Waals surface area contributed by atoms with E-state index in [1.165, 1.54) is 34.1 Å². The second kappa shape index (κ2) is 11.1. The Hall–Kier alpha value is -3.97. The Morgan fingerprint density at radius 2 is 1.54 bits per heavy atom. The number of rotatable bonds is 5. The molecule has 3 heterocycles. The number of thioether (sulfide) groups is 1. The van der Waals surface area contributed by atoms with Gasteiger partial charge in [-0.25, -0.2) is 0 Å². The number of carbonyl (C=O) groups excluding carboxylic acids is 1. The Labute approximate surface area is 244 Å². The maximum absolute atomic E-state index is 14.3. The molecule has 0 radical (unpaired) electrons. The van der Waals surface area contributed by atoms with Crippen LogP contribution in [-0.4, -0.2) is 28.2 Å². The van der Waals surface area contributed by atoms with E-state index >= 15 is 0 Å². The van der Waals surface area contributed by atoms with E-state index in [4.69, 9.17) is 4.74 Å². The smallest absolute Gasteiger partial charge is 0.278 e. The second-order valence-electron chi connectivity index (χ2n) is 11.1. The molecule has 3 aliphatic rings. The molecule has 1 aliphatic carbocycles. The van der Waals surface area contributed by atoms with Crippen LogP contribution in [0, 0.1) is 0 Å². The summed E-state index contributed by atoms with van der Waals surface area (Å²) in [6, 6.07) is 28.5. The molecule has 0 saturated heterocycles. The van der Waals surface area contributed by atoms with Gasteiger partial charge in [0.2, 0.25) is 5.43 Å². The fourth-order valence-electron chi connectivity index (χ4n) is 6.51. The molecule has 2 aliphatic heterocycles. The normalized spacial score (nSPS) is 18.7. The molecule has 41 heavy (non-hydrogen) atoms. The lowest BCUT2D eigenvalue weighted by Gasteiger charge is -2.47. The summed E-state index contributed by atoms with van der Waals surface area (Å²) < 4.78 is 8.12. The molecule has 0 spiro atoms. The third-order valence-corrected chi connectivity index (χ3v) is 9.70. The number of hydrogen-bond donors (Lipinski definition) is 0. The number of pyridine rings is 1. The van der Waals surface area contributed by atoms with Crippen LogP contribution in [-0.2, 0) is 12.4 Å². The fourth-order valence-corrected chi connectivity index (χ4v) is 7.60. The molecule has 1 atom stereocenters. The standard InChI is InChI=1S/C34H33N3O3S/c38-29-19-20-36-32(33(29)40-21-24-11-3-1-4-12-24)34(39)35(26-14-5-2-6-15-26)23-37(36)31-27-16-8-7-13-25(27)22-41-30-18-10-9-17-28(30)31/h1,3-4,7-13,16-20,26,31H,2,5-6,14-15,21-23H2/t31-/m0/s1. The predicted molar refractivity (Wildman–Crippen MR) is 162 cm³/mol. The van der Waals surface area contributed by atoms with Crippen molar-refractivity contribution in [2.24, 2.45) is 0 Å². The topological polar surface area (TPSA) is 54.8 Å². The van der Waals surface area contributed by atoms with Crippen molar-refractivity contribution >= 4 is 17.7 Å². The molecule has 208 valence electrons. The first-order valence-corrected chi connectivity index (χ1v) is 15.5. The summed E-state index contributed by atoms with van der Waals surface area (Å²) in [5.41, 5.74) is 4.70. The Kier molecular flexibility index (Phi) is 7.05. The number of ether oxygens (including phenoxy) is 1. The van der Waals surface area contributed by atoms with Crippen LogP contribution in [0.2, 0.25) is 0 Å². The molecule has 0 bridgehead atoms. The molecular formula is C34H33N3O3S. The third-order valence-electron chi connectivity index (χ3n) is 8.56. The van der Waals surface area contributed by atoms with Crippen molar-refractivity contribution in [3.8, 4) is 5.75 Å². The minimum atomic E-state index is -0.275. The summed E-state index contributed by atoms with van der Waals surface area (Å²) in [6.45, 7) is 0.658. The number of amides is 1. The molecule has 1 aromatic heterocycles. The Morgan fingerprint density at radius 3 is 2.37 bits per heavy atom. The molecule has 7 heteroatoms. The number of aromatic nitrogens is 1. The predicted octanol–water partition coefficient (Wildman–Crippen LogP) is 6.51. The molecule has 6 nitrogen and oxygen atoms in total. The molecule has 1 amide bonds. The van der Waals surface area contributed by atoms with Gasteiger partial charge in [0.05, 0.1) is 6.04 Å². The van der Waals surface area contributed by atoms with Gasteiger partial charge in [-0.2, -0.15) is 0 Å². The summed E-state index contributed by atoms with van der Waals surface area (Å²) in [7, 11) is 0. The first-order chi connectivity index (χ1) is 20.2. The van der Waals surface area contributed by atoms with E-state index in [9.17, 15) is 9.59 Å². The number of carbonyl (C=O) groups is 1. The highest BCUT2D eigenvalue weighted by atomic mass is 32.2. The highest BCUT2D eigenvalue weighted by Gasteiger charge is 2.41. The summed E-state index contributed by atoms with van der Waals surface area (Å²) in [4.78, 5) is 30.9. The number of benzene rings is 3. The summed E-state index contributed by atoms with van der Waals surface area (Å²) >= 11 is 1.85. The second-order valence-corrected chi connectivity index (χ2v) is 12.1. The number of hydrogen-bond acceptors (Lipinski definition) is 5. The van der Waals surface area contributed by atoms with Gasteiger partial charge in [0.1, 0.15) is 13.3 Å². The maximum atomic E-state index is 14.3. The van der Waals surface area contributed by atoms with Gasteiger partial charge in [-0.05, 0) is 41.2 Å². The van der Waals surface area contributed by atoms with E-state index in [2.05, 4.69) is 53.5 Å². The van der Waals surface area contributed by atoms with Gasteiger partial charge in [-0.1, -0.05) is 92.1 Å². The highest BCUT2D eigenvalue weighted by molar-refractivity contribution is 7.98. The van der Waals surface area contributed by atoms with E-state index < -0.39 is 0 Å². The zero-order valence-electron chi connectivity index (χ0n) is 22.9. The highest BCUT2D eigenvalue weighted by Crippen LogP contribution is 2.43. The lowest BCUT2D eigenvalue weighted by atomic mass is 9.92. The van der Waals surface area contributed by atoms with Gasteiger partial charge < -0.3 is 9.64 Å². The molecule has 0 N–H and O–H groups in total. The zero-order valence-corrected chi connectivity index (χ0v) is 23.8. The third kappa shape index (κ3) is 4.82. The van der Waals surface area contributed by atoms with Gasteiger partial charge in [-0.3, -0.25) is 19.3 Å². The molecule has 4 aromatic rings. The lowest BCUT2D eigenvalue weighted by Crippen LogP contribution is -2.58. The van der Waals surface area contributed by atoms with E-state index in [1.54, 1.807) is 6.20 Å². The SMILES string of the molecule is O=C1c2c(OCc3ccccc3)c(=O)ccn2N([C@H]2c3ccccc3CSc3ccccc32)CN1C1CCCCC1. The van der Waals surface area contributed by atoms with Crippen molar-refractivity contribution in [2.45, 2.75) is 61.4 Å². The Balaban J connectivity index is 1.40. The average Bonchev–Trinajstić information content (AvgIpc) is 3.19. The van der Waals surface area contributed by atoms with Crippen LogP contribution in [0.25, 0.3) is 0 Å². The Morgan fingerprint density at radius 1 is 0.805 bits per heavy atom. The van der Waals surface area contributed by atoms with Gasteiger partial charge in [0.15, 0.2) is 11.4 Å². The number of fused-ring (bicyclic) bond motifs is 3. The van der Waals surface area contributed by atoms with Crippen LogP contribution in [0.4, 0.5) is 0 Å². The molecular weight excluding hydrogens is 530 g/mol. The van der Waals surface area contributed by atoms with Gasteiger partial charge in [-0.15, -0.1) is 11.8 Å². The average molecular weight is 564 g/mol. The number of nitrogens with zero attached hydrogens (tertiary/aromatic N) is 3. The van der Waals surface area contributed by atoms with Crippen LogP contribution in [0.1, 0.15) is 70.9 Å². The first-order valence-electron chi connectivity index (χ1n) is 14.5.